The quantitative estimate of drug-likeness (QED) is 0.785. The molecule has 164 valence electrons. The van der Waals surface area contributed by atoms with E-state index in [9.17, 15) is 4.39 Å². The van der Waals surface area contributed by atoms with Crippen LogP contribution in [0.15, 0.2) is 66.8 Å². The molecule has 29 heavy (non-hydrogen) atoms. The summed E-state index contributed by atoms with van der Waals surface area (Å²) in [5.74, 6) is -0.178. The molecule has 1 aromatic carbocycles. The van der Waals surface area contributed by atoms with Crippen molar-refractivity contribution in [1.82, 2.24) is 4.90 Å². The van der Waals surface area contributed by atoms with Gasteiger partial charge in [-0.25, -0.2) is 4.39 Å². The van der Waals surface area contributed by atoms with Crippen LogP contribution in [0.3, 0.4) is 0 Å². The Balaban J connectivity index is 0. The molecule has 2 aliphatic heterocycles. The van der Waals surface area contributed by atoms with Gasteiger partial charge in [0.15, 0.2) is 0 Å². The number of carbonyl (C=O) groups excluding carboxylic acids is 1. The van der Waals surface area contributed by atoms with E-state index in [2.05, 4.69) is 25.1 Å². The zero-order valence-corrected chi connectivity index (χ0v) is 17.9. The third-order valence-electron chi connectivity index (χ3n) is 4.04. The maximum Gasteiger partial charge on any atom is 0.123 e. The lowest BCUT2D eigenvalue weighted by molar-refractivity contribution is -0.0979. The summed E-state index contributed by atoms with van der Waals surface area (Å²) < 4.78 is 17.0. The number of aliphatic hydroxyl groups excluding tert-OH is 1. The van der Waals surface area contributed by atoms with Gasteiger partial charge in [-0.3, -0.25) is 0 Å². The molecule has 5 nitrogen and oxygen atoms in total. The Hall–Kier alpha value is -2.12. The number of rotatable bonds is 2. The predicted molar refractivity (Wildman–Crippen MR) is 119 cm³/mol. The maximum absolute atomic E-state index is 11.9. The van der Waals surface area contributed by atoms with Crippen molar-refractivity contribution in [2.45, 2.75) is 25.3 Å². The number of ether oxygens (including phenoxy) is 1. The van der Waals surface area contributed by atoms with Crippen molar-refractivity contribution in [2.75, 3.05) is 40.5 Å². The maximum atomic E-state index is 11.9. The van der Waals surface area contributed by atoms with Gasteiger partial charge in [-0.1, -0.05) is 43.5 Å². The molecule has 1 fully saturated rings. The van der Waals surface area contributed by atoms with Crippen LogP contribution >= 0.6 is 0 Å². The van der Waals surface area contributed by atoms with Crippen molar-refractivity contribution in [2.24, 2.45) is 5.73 Å². The van der Waals surface area contributed by atoms with Crippen LogP contribution in [-0.4, -0.2) is 63.3 Å². The van der Waals surface area contributed by atoms with E-state index in [1.165, 1.54) is 23.3 Å². The molecule has 0 radical (unpaired) electrons. The van der Waals surface area contributed by atoms with Gasteiger partial charge in [-0.2, -0.15) is 0 Å². The fourth-order valence-electron chi connectivity index (χ4n) is 2.55. The highest BCUT2D eigenvalue weighted by Crippen LogP contribution is 2.17. The van der Waals surface area contributed by atoms with E-state index in [0.717, 1.165) is 52.7 Å². The van der Waals surface area contributed by atoms with Gasteiger partial charge in [0.2, 0.25) is 0 Å². The molecular weight excluding hydrogens is 371 g/mol. The molecule has 0 aliphatic carbocycles. The summed E-state index contributed by atoms with van der Waals surface area (Å²) in [6.07, 6.45) is 7.28. The minimum atomic E-state index is -0.178. The molecule has 0 amide bonds. The molecule has 1 aromatic rings. The third-order valence-corrected chi connectivity index (χ3v) is 4.04. The van der Waals surface area contributed by atoms with Gasteiger partial charge in [-0.05, 0) is 49.6 Å². The van der Waals surface area contributed by atoms with E-state index < -0.39 is 0 Å². The van der Waals surface area contributed by atoms with E-state index in [1.54, 1.807) is 18.2 Å². The second-order valence-corrected chi connectivity index (χ2v) is 6.22. The van der Waals surface area contributed by atoms with Gasteiger partial charge < -0.3 is 25.3 Å². The highest BCUT2D eigenvalue weighted by molar-refractivity contribution is 5.34. The molecule has 3 N–H and O–H groups in total. The molecule has 0 aromatic heterocycles. The number of carbonyl (C=O) groups is 1. The minimum absolute atomic E-state index is 0.178. The summed E-state index contributed by atoms with van der Waals surface area (Å²) >= 11 is 0. The number of hydrogen-bond acceptors (Lipinski definition) is 5. The van der Waals surface area contributed by atoms with E-state index >= 15 is 0 Å². The first kappa shape index (κ1) is 29.1. The summed E-state index contributed by atoms with van der Waals surface area (Å²) in [7, 11) is 3.13. The number of likely N-dealkylation sites (N-methyl/N-ethyl adjacent to an activating group) is 1. The Morgan fingerprint density at radius 1 is 1.17 bits per heavy atom. The highest BCUT2D eigenvalue weighted by Gasteiger charge is 2.10. The summed E-state index contributed by atoms with van der Waals surface area (Å²) in [6, 6.07) is 8.25. The fourth-order valence-corrected chi connectivity index (χ4v) is 2.55. The number of halogens is 1. The van der Waals surface area contributed by atoms with Crippen molar-refractivity contribution in [3.63, 3.8) is 0 Å². The predicted octanol–water partition coefficient (Wildman–Crippen LogP) is 3.36. The average Bonchev–Trinajstić information content (AvgIpc) is 2.78. The van der Waals surface area contributed by atoms with Gasteiger partial charge in [0, 0.05) is 32.8 Å². The van der Waals surface area contributed by atoms with Crippen LogP contribution in [0.5, 0.6) is 0 Å². The lowest BCUT2D eigenvalue weighted by Crippen LogP contribution is -2.30. The standard InChI is InChI=1S/C10H15N.C6H5F.C5H11NO.CH4O.CH2O/c1-4-9-6-7-11(3)8-10(9)5-2;7-6-4-2-1-3-5-6;6-5-2-1-3-7-4-5;2*1-2/h4-5H,1-2,6-8H2,3H3;1-5H;5H,1-4,6H2;2H,1H3;1H2. The molecule has 2 aliphatic rings. The van der Waals surface area contributed by atoms with Crippen LogP contribution in [0.2, 0.25) is 0 Å². The first-order valence-corrected chi connectivity index (χ1v) is 9.49. The number of nitrogens with zero attached hydrogens (tertiary/aromatic N) is 1. The van der Waals surface area contributed by atoms with Crippen molar-refractivity contribution in [3.8, 4) is 0 Å². The number of nitrogens with two attached hydrogens (primary N) is 1. The van der Waals surface area contributed by atoms with Crippen molar-refractivity contribution in [1.29, 1.82) is 0 Å². The molecule has 3 rings (SSSR count). The minimum Gasteiger partial charge on any atom is -0.400 e. The van der Waals surface area contributed by atoms with Gasteiger partial charge >= 0.3 is 0 Å². The number of allylic oxidation sites excluding steroid dienone is 1. The molecule has 6 heteroatoms. The Labute approximate surface area is 175 Å². The van der Waals surface area contributed by atoms with Gasteiger partial charge in [-0.15, -0.1) is 0 Å². The topological polar surface area (TPSA) is 75.8 Å². The Kier molecular flexibility index (Phi) is 20.7. The van der Waals surface area contributed by atoms with Gasteiger partial charge in [0.1, 0.15) is 12.6 Å². The summed E-state index contributed by atoms with van der Waals surface area (Å²) in [5.41, 5.74) is 8.20. The lowest BCUT2D eigenvalue weighted by atomic mass is 10.0. The molecule has 0 saturated carbocycles. The van der Waals surface area contributed by atoms with Crippen molar-refractivity contribution in [3.05, 3.63) is 72.6 Å². The van der Waals surface area contributed by atoms with Crippen LogP contribution in [0, 0.1) is 5.82 Å². The van der Waals surface area contributed by atoms with E-state index in [1.807, 2.05) is 18.9 Å². The van der Waals surface area contributed by atoms with E-state index in [-0.39, 0.29) is 5.82 Å². The van der Waals surface area contributed by atoms with Crippen LogP contribution < -0.4 is 5.73 Å². The Morgan fingerprint density at radius 2 is 1.76 bits per heavy atom. The van der Waals surface area contributed by atoms with Gasteiger partial charge in [0.25, 0.3) is 0 Å². The zero-order chi connectivity index (χ0) is 22.5. The van der Waals surface area contributed by atoms with Crippen LogP contribution in [0.25, 0.3) is 0 Å². The molecule has 1 unspecified atom stereocenters. The Bertz CT molecular complexity index is 559. The summed E-state index contributed by atoms with van der Waals surface area (Å²) in [4.78, 5) is 10.3. The van der Waals surface area contributed by atoms with E-state index in [0.29, 0.717) is 6.04 Å². The van der Waals surface area contributed by atoms with Crippen LogP contribution in [-0.2, 0) is 9.53 Å². The molecule has 1 atom stereocenters. The molecule has 1 saturated heterocycles. The monoisotopic (exact) mass is 408 g/mol. The highest BCUT2D eigenvalue weighted by atomic mass is 19.1. The van der Waals surface area contributed by atoms with Crippen LogP contribution in [0.4, 0.5) is 4.39 Å². The van der Waals surface area contributed by atoms with Crippen LogP contribution in [0.1, 0.15) is 19.3 Å². The summed E-state index contributed by atoms with van der Waals surface area (Å²) in [5, 5.41) is 7.00. The molecule has 0 bridgehead atoms. The number of aliphatic hydroxyl groups is 1. The zero-order valence-electron chi connectivity index (χ0n) is 17.9. The van der Waals surface area contributed by atoms with E-state index in [4.69, 9.17) is 20.4 Å². The molecule has 0 spiro atoms. The summed E-state index contributed by atoms with van der Waals surface area (Å²) in [6.45, 7) is 13.4. The first-order valence-electron chi connectivity index (χ1n) is 9.49. The van der Waals surface area contributed by atoms with Crippen molar-refractivity contribution >= 4 is 6.79 Å². The lowest BCUT2D eigenvalue weighted by Gasteiger charge is -2.24. The number of hydrogen-bond donors (Lipinski definition) is 2. The van der Waals surface area contributed by atoms with Crippen molar-refractivity contribution < 1.29 is 19.0 Å². The normalized spacial score (nSPS) is 18.0. The smallest absolute Gasteiger partial charge is 0.123 e. The second-order valence-electron chi connectivity index (χ2n) is 6.22. The first-order chi connectivity index (χ1) is 14.1. The SMILES string of the molecule is C=CC1=C(C=C)CN(C)CC1.C=O.CO.Fc1ccccc1.NC1CCCOC1. The number of benzene rings is 1. The molecular formula is C23H37FN2O3. The molecule has 2 heterocycles. The third kappa shape index (κ3) is 15.5. The largest absolute Gasteiger partial charge is 0.400 e. The average molecular weight is 409 g/mol. The second kappa shape index (κ2) is 20.6. The Morgan fingerprint density at radius 3 is 2.10 bits per heavy atom. The fraction of sp³-hybridized carbons (Fsp3) is 0.435. The van der Waals surface area contributed by atoms with Gasteiger partial charge in [0.05, 0.1) is 6.61 Å².